The number of hydrogen-bond donors (Lipinski definition) is 2. The van der Waals surface area contributed by atoms with Crippen LogP contribution in [0.3, 0.4) is 0 Å². The lowest BCUT2D eigenvalue weighted by Gasteiger charge is -2.34. The minimum Gasteiger partial charge on any atom is -0.352 e. The maximum atomic E-state index is 12.2. The molecule has 9 heteroatoms. The van der Waals surface area contributed by atoms with Gasteiger partial charge in [-0.3, -0.25) is 24.6 Å². The van der Waals surface area contributed by atoms with Gasteiger partial charge in [0.1, 0.15) is 0 Å². The molecule has 0 bridgehead atoms. The lowest BCUT2D eigenvalue weighted by Crippen LogP contribution is -2.49. The van der Waals surface area contributed by atoms with Crippen LogP contribution in [0.4, 0.5) is 11.4 Å². The van der Waals surface area contributed by atoms with Crippen molar-refractivity contribution in [1.29, 1.82) is 0 Å². The highest BCUT2D eigenvalue weighted by Crippen LogP contribution is 2.25. The summed E-state index contributed by atoms with van der Waals surface area (Å²) in [7, 11) is 0. The highest BCUT2D eigenvalue weighted by molar-refractivity contribution is 5.92. The predicted octanol–water partition coefficient (Wildman–Crippen LogP) is 1.15. The normalized spacial score (nSPS) is 15.0. The molecule has 0 aromatic heterocycles. The summed E-state index contributed by atoms with van der Waals surface area (Å²) >= 11 is 0. The van der Waals surface area contributed by atoms with Crippen LogP contribution in [0.25, 0.3) is 0 Å². The van der Waals surface area contributed by atoms with E-state index in [0.717, 1.165) is 26.2 Å². The summed E-state index contributed by atoms with van der Waals surface area (Å²) in [5.41, 5.74) is 0.907. The highest BCUT2D eigenvalue weighted by atomic mass is 16.6. The number of nitro groups is 1. The van der Waals surface area contributed by atoms with Gasteiger partial charge in [-0.1, -0.05) is 12.1 Å². The number of amides is 2. The smallest absolute Gasteiger partial charge is 0.274 e. The monoisotopic (exact) mass is 389 g/mol. The molecule has 9 nitrogen and oxygen atoms in total. The average molecular weight is 389 g/mol. The zero-order valence-corrected chi connectivity index (χ0v) is 16.1. The van der Waals surface area contributed by atoms with Crippen molar-refractivity contribution in [3.8, 4) is 0 Å². The number of nitrogens with zero attached hydrogens (tertiary/aromatic N) is 3. The SMILES string of the molecule is C=CCNC(=O)CN1CCN(CCC(=O)Nc2cccc([N+](=O)[O-])c2C)CC1. The van der Waals surface area contributed by atoms with E-state index in [1.807, 2.05) is 0 Å². The van der Waals surface area contributed by atoms with Crippen molar-refractivity contribution in [2.75, 3.05) is 51.1 Å². The predicted molar refractivity (Wildman–Crippen MR) is 107 cm³/mol. The van der Waals surface area contributed by atoms with Crippen molar-refractivity contribution < 1.29 is 14.5 Å². The Kier molecular flexibility index (Phi) is 8.09. The van der Waals surface area contributed by atoms with Gasteiger partial charge < -0.3 is 15.5 Å². The molecule has 1 aliphatic rings. The van der Waals surface area contributed by atoms with Crippen LogP contribution in [-0.4, -0.2) is 72.4 Å². The molecule has 0 radical (unpaired) electrons. The minimum atomic E-state index is -0.456. The van der Waals surface area contributed by atoms with Gasteiger partial charge in [-0.2, -0.15) is 0 Å². The molecule has 1 heterocycles. The number of benzene rings is 1. The van der Waals surface area contributed by atoms with Crippen LogP contribution in [0.2, 0.25) is 0 Å². The molecule has 2 N–H and O–H groups in total. The van der Waals surface area contributed by atoms with Crippen LogP contribution in [-0.2, 0) is 9.59 Å². The van der Waals surface area contributed by atoms with Gasteiger partial charge in [-0.25, -0.2) is 0 Å². The Morgan fingerprint density at radius 2 is 1.89 bits per heavy atom. The second kappa shape index (κ2) is 10.5. The lowest BCUT2D eigenvalue weighted by molar-refractivity contribution is -0.385. The molecule has 2 amide bonds. The number of nitro benzene ring substituents is 1. The van der Waals surface area contributed by atoms with Crippen LogP contribution in [0.15, 0.2) is 30.9 Å². The van der Waals surface area contributed by atoms with Crippen LogP contribution >= 0.6 is 0 Å². The fraction of sp³-hybridized carbons (Fsp3) is 0.474. The maximum Gasteiger partial charge on any atom is 0.274 e. The Morgan fingerprint density at radius 3 is 2.54 bits per heavy atom. The van der Waals surface area contributed by atoms with E-state index < -0.39 is 4.92 Å². The molecule has 1 saturated heterocycles. The van der Waals surface area contributed by atoms with Crippen molar-refractivity contribution in [1.82, 2.24) is 15.1 Å². The summed E-state index contributed by atoms with van der Waals surface area (Å²) in [6.07, 6.45) is 1.96. The largest absolute Gasteiger partial charge is 0.352 e. The van der Waals surface area contributed by atoms with E-state index in [-0.39, 0.29) is 17.5 Å². The number of hydrogen-bond acceptors (Lipinski definition) is 6. The standard InChI is InChI=1S/C19H27N5O4/c1-3-8-20-19(26)14-23-12-10-22(11-13-23)9-7-18(25)21-16-5-4-6-17(15(16)2)24(27)28/h3-6H,1,7-14H2,2H3,(H,20,26)(H,21,25). The summed E-state index contributed by atoms with van der Waals surface area (Å²) in [5.74, 6) is -0.185. The third kappa shape index (κ3) is 6.43. The van der Waals surface area contributed by atoms with E-state index in [2.05, 4.69) is 27.0 Å². The number of rotatable bonds is 9. The van der Waals surface area contributed by atoms with Gasteiger partial charge in [0.2, 0.25) is 11.8 Å². The Bertz CT molecular complexity index is 729. The molecule has 1 aromatic carbocycles. The van der Waals surface area contributed by atoms with Gasteiger partial charge in [0, 0.05) is 51.8 Å². The molecule has 0 saturated carbocycles. The van der Waals surface area contributed by atoms with Gasteiger partial charge >= 0.3 is 0 Å². The van der Waals surface area contributed by atoms with E-state index >= 15 is 0 Å². The third-order valence-electron chi connectivity index (χ3n) is 4.71. The van der Waals surface area contributed by atoms with Crippen molar-refractivity contribution in [2.24, 2.45) is 0 Å². The van der Waals surface area contributed by atoms with Crippen molar-refractivity contribution in [3.63, 3.8) is 0 Å². The van der Waals surface area contributed by atoms with Crippen LogP contribution in [0, 0.1) is 17.0 Å². The second-order valence-electron chi connectivity index (χ2n) is 6.72. The number of nitrogens with one attached hydrogen (secondary N) is 2. The molecule has 0 atom stereocenters. The highest BCUT2D eigenvalue weighted by Gasteiger charge is 2.20. The molecule has 1 fully saturated rings. The van der Waals surface area contributed by atoms with Gasteiger partial charge in [0.15, 0.2) is 0 Å². The molecular formula is C19H27N5O4. The quantitative estimate of drug-likeness (QED) is 0.373. The van der Waals surface area contributed by atoms with Gasteiger partial charge in [0.05, 0.1) is 22.7 Å². The Labute approximate surface area is 164 Å². The maximum absolute atomic E-state index is 12.2. The molecule has 0 unspecified atom stereocenters. The molecule has 1 aromatic rings. The van der Waals surface area contributed by atoms with Gasteiger partial charge in [0.25, 0.3) is 5.69 Å². The third-order valence-corrected chi connectivity index (χ3v) is 4.71. The lowest BCUT2D eigenvalue weighted by atomic mass is 10.1. The van der Waals surface area contributed by atoms with Crippen LogP contribution in [0.1, 0.15) is 12.0 Å². The van der Waals surface area contributed by atoms with E-state index in [0.29, 0.717) is 37.3 Å². The summed E-state index contributed by atoms with van der Waals surface area (Å²) < 4.78 is 0. The van der Waals surface area contributed by atoms with Crippen molar-refractivity contribution in [2.45, 2.75) is 13.3 Å². The van der Waals surface area contributed by atoms with E-state index in [4.69, 9.17) is 0 Å². The molecular weight excluding hydrogens is 362 g/mol. The molecule has 2 rings (SSSR count). The van der Waals surface area contributed by atoms with E-state index in [1.54, 1.807) is 25.1 Å². The van der Waals surface area contributed by atoms with Crippen molar-refractivity contribution >= 4 is 23.2 Å². The first-order valence-corrected chi connectivity index (χ1v) is 9.27. The number of carbonyl (C=O) groups is 2. The first-order valence-electron chi connectivity index (χ1n) is 9.27. The van der Waals surface area contributed by atoms with Gasteiger partial charge in [-0.05, 0) is 13.0 Å². The summed E-state index contributed by atoms with van der Waals surface area (Å²) in [6.45, 7) is 9.76. The summed E-state index contributed by atoms with van der Waals surface area (Å²) in [6, 6.07) is 4.64. The number of piperazine rings is 1. The summed E-state index contributed by atoms with van der Waals surface area (Å²) in [5, 5.41) is 16.5. The Balaban J connectivity index is 1.73. The van der Waals surface area contributed by atoms with Crippen LogP contribution in [0.5, 0.6) is 0 Å². The minimum absolute atomic E-state index is 0.00829. The molecule has 1 aliphatic heterocycles. The summed E-state index contributed by atoms with van der Waals surface area (Å²) in [4.78, 5) is 38.7. The fourth-order valence-corrected chi connectivity index (χ4v) is 3.05. The Morgan fingerprint density at radius 1 is 1.21 bits per heavy atom. The topological polar surface area (TPSA) is 108 Å². The fourth-order valence-electron chi connectivity index (χ4n) is 3.05. The second-order valence-corrected chi connectivity index (χ2v) is 6.72. The average Bonchev–Trinajstić information content (AvgIpc) is 2.67. The number of carbonyl (C=O) groups excluding carboxylic acids is 2. The molecule has 28 heavy (non-hydrogen) atoms. The first-order chi connectivity index (χ1) is 13.4. The zero-order valence-electron chi connectivity index (χ0n) is 16.1. The van der Waals surface area contributed by atoms with Gasteiger partial charge in [-0.15, -0.1) is 6.58 Å². The van der Waals surface area contributed by atoms with Crippen molar-refractivity contribution in [3.05, 3.63) is 46.5 Å². The zero-order chi connectivity index (χ0) is 20.5. The molecule has 0 spiro atoms. The number of anilines is 1. The molecule has 152 valence electrons. The molecule has 0 aliphatic carbocycles. The first kappa shape index (κ1) is 21.5. The van der Waals surface area contributed by atoms with Crippen LogP contribution < -0.4 is 10.6 Å². The van der Waals surface area contributed by atoms with E-state index in [9.17, 15) is 19.7 Å². The van der Waals surface area contributed by atoms with E-state index in [1.165, 1.54) is 6.07 Å². The Hall–Kier alpha value is -2.78.